The van der Waals surface area contributed by atoms with Crippen molar-refractivity contribution in [1.82, 2.24) is 4.90 Å². The fourth-order valence-electron chi connectivity index (χ4n) is 3.96. The average Bonchev–Trinajstić information content (AvgIpc) is 2.88. The van der Waals surface area contributed by atoms with Gasteiger partial charge < -0.3 is 14.2 Å². The Balaban J connectivity index is 1.74. The molecule has 0 atom stereocenters. The summed E-state index contributed by atoms with van der Waals surface area (Å²) in [5, 5.41) is 2.00. The highest BCUT2D eigenvalue weighted by molar-refractivity contribution is 6.65. The van der Waals surface area contributed by atoms with Gasteiger partial charge in [-0.15, -0.1) is 0 Å². The average molecular weight is 365 g/mol. The molecule has 5 heteroatoms. The number of hydrogen-bond acceptors (Lipinski definition) is 3. The molecule has 4 nitrogen and oxygen atoms in total. The van der Waals surface area contributed by atoms with Crippen molar-refractivity contribution >= 4 is 29.3 Å². The molecule has 2 aliphatic heterocycles. The summed E-state index contributed by atoms with van der Waals surface area (Å²) in [4.78, 5) is 15.1. The smallest absolute Gasteiger partial charge is 0.399 e. The van der Waals surface area contributed by atoms with Crippen LogP contribution in [0.3, 0.4) is 0 Å². The fraction of sp³-hybridized carbons (Fsp3) is 0.500. The molecular formula is C22H28BNO3. The van der Waals surface area contributed by atoms with Crippen LogP contribution >= 0.6 is 0 Å². The molecule has 27 heavy (non-hydrogen) atoms. The number of nitrogens with zero attached hydrogens (tertiary/aromatic N) is 1. The Kier molecular flexibility index (Phi) is 4.56. The van der Waals surface area contributed by atoms with Crippen molar-refractivity contribution in [3.05, 3.63) is 42.0 Å². The second-order valence-corrected chi connectivity index (χ2v) is 8.69. The molecule has 2 aliphatic rings. The molecule has 2 aromatic carbocycles. The Morgan fingerprint density at radius 3 is 2.15 bits per heavy atom. The maximum absolute atomic E-state index is 13.1. The van der Waals surface area contributed by atoms with Crippen molar-refractivity contribution in [3.63, 3.8) is 0 Å². The van der Waals surface area contributed by atoms with E-state index in [-0.39, 0.29) is 17.1 Å². The third-order valence-corrected chi connectivity index (χ3v) is 6.34. The predicted octanol–water partition coefficient (Wildman–Crippen LogP) is 3.77. The van der Waals surface area contributed by atoms with Crippen molar-refractivity contribution < 1.29 is 14.1 Å². The van der Waals surface area contributed by atoms with Crippen molar-refractivity contribution in [2.75, 3.05) is 13.1 Å². The molecule has 1 amide bonds. The summed E-state index contributed by atoms with van der Waals surface area (Å²) >= 11 is 0. The molecule has 0 spiro atoms. The lowest BCUT2D eigenvalue weighted by Gasteiger charge is -2.32. The molecule has 0 radical (unpaired) electrons. The van der Waals surface area contributed by atoms with Crippen LogP contribution in [0.15, 0.2) is 36.4 Å². The van der Waals surface area contributed by atoms with Gasteiger partial charge in [0.2, 0.25) is 0 Å². The molecule has 0 saturated carbocycles. The number of carbonyl (C=O) groups excluding carboxylic acids is 1. The number of hydrogen-bond donors (Lipinski definition) is 0. The van der Waals surface area contributed by atoms with Crippen molar-refractivity contribution in [1.29, 1.82) is 0 Å². The number of rotatable bonds is 2. The van der Waals surface area contributed by atoms with Gasteiger partial charge in [-0.05, 0) is 69.3 Å². The van der Waals surface area contributed by atoms with Crippen LogP contribution in [-0.2, 0) is 9.31 Å². The molecule has 142 valence electrons. The lowest BCUT2D eigenvalue weighted by molar-refractivity contribution is 0.00578. The lowest BCUT2D eigenvalue weighted by atomic mass is 9.75. The van der Waals surface area contributed by atoms with E-state index in [2.05, 4.69) is 33.8 Å². The SMILES string of the molecule is CC1(C)OB(c2cccc3c(C(=O)N4CCCCC4)cccc23)OC1(C)C. The summed E-state index contributed by atoms with van der Waals surface area (Å²) in [7, 11) is -0.431. The van der Waals surface area contributed by atoms with Gasteiger partial charge in [0.15, 0.2) is 0 Å². The monoisotopic (exact) mass is 365 g/mol. The molecule has 0 bridgehead atoms. The molecule has 2 aromatic rings. The highest BCUT2D eigenvalue weighted by Gasteiger charge is 2.52. The number of piperidine rings is 1. The maximum Gasteiger partial charge on any atom is 0.495 e. The Bertz CT molecular complexity index is 855. The van der Waals surface area contributed by atoms with E-state index in [1.165, 1.54) is 6.42 Å². The summed E-state index contributed by atoms with van der Waals surface area (Å²) in [6.45, 7) is 9.94. The number of amides is 1. The van der Waals surface area contributed by atoms with Gasteiger partial charge in [0.25, 0.3) is 5.91 Å². The maximum atomic E-state index is 13.1. The van der Waals surface area contributed by atoms with Crippen molar-refractivity contribution in [2.45, 2.75) is 58.2 Å². The number of carbonyl (C=O) groups is 1. The van der Waals surface area contributed by atoms with Crippen LogP contribution < -0.4 is 5.46 Å². The highest BCUT2D eigenvalue weighted by atomic mass is 16.7. The number of fused-ring (bicyclic) bond motifs is 1. The van der Waals surface area contributed by atoms with E-state index in [4.69, 9.17) is 9.31 Å². The number of likely N-dealkylation sites (tertiary alicyclic amines) is 1. The van der Waals surface area contributed by atoms with Gasteiger partial charge in [0.1, 0.15) is 0 Å². The van der Waals surface area contributed by atoms with Gasteiger partial charge in [-0.3, -0.25) is 4.79 Å². The second-order valence-electron chi connectivity index (χ2n) is 8.69. The first kappa shape index (κ1) is 18.5. The number of benzene rings is 2. The molecule has 2 saturated heterocycles. The standard InChI is InChI=1S/C22H28BNO3/c1-21(2)22(3,4)27-23(26-21)19-13-9-10-16-17(19)11-8-12-18(16)20(25)24-14-6-5-7-15-24/h8-13H,5-7,14-15H2,1-4H3. The minimum absolute atomic E-state index is 0.131. The summed E-state index contributed by atoms with van der Waals surface area (Å²) < 4.78 is 12.5. The van der Waals surface area contributed by atoms with E-state index < -0.39 is 7.12 Å². The van der Waals surface area contributed by atoms with E-state index in [9.17, 15) is 4.79 Å². The normalized spacial score (nSPS) is 21.6. The Morgan fingerprint density at radius 1 is 0.889 bits per heavy atom. The first-order chi connectivity index (χ1) is 12.8. The van der Waals surface area contributed by atoms with Crippen LogP contribution in [0, 0.1) is 0 Å². The van der Waals surface area contributed by atoms with Crippen molar-refractivity contribution in [2.24, 2.45) is 0 Å². The second kappa shape index (κ2) is 6.64. The quantitative estimate of drug-likeness (QED) is 0.761. The minimum atomic E-state index is -0.431. The Labute approximate surface area is 162 Å². The van der Waals surface area contributed by atoms with E-state index in [0.29, 0.717) is 0 Å². The van der Waals surface area contributed by atoms with Gasteiger partial charge in [-0.25, -0.2) is 0 Å². The first-order valence-electron chi connectivity index (χ1n) is 9.97. The first-order valence-corrected chi connectivity index (χ1v) is 9.97. The Morgan fingerprint density at radius 2 is 1.48 bits per heavy atom. The topological polar surface area (TPSA) is 38.8 Å². The van der Waals surface area contributed by atoms with Gasteiger partial charge in [0.05, 0.1) is 11.2 Å². The van der Waals surface area contributed by atoms with Crippen molar-refractivity contribution in [3.8, 4) is 0 Å². The molecule has 0 N–H and O–H groups in total. The zero-order valence-electron chi connectivity index (χ0n) is 16.7. The lowest BCUT2D eigenvalue weighted by Crippen LogP contribution is -2.41. The van der Waals surface area contributed by atoms with Gasteiger partial charge >= 0.3 is 7.12 Å². The molecule has 0 aliphatic carbocycles. The Hall–Kier alpha value is -1.85. The largest absolute Gasteiger partial charge is 0.495 e. The molecule has 0 aromatic heterocycles. The van der Waals surface area contributed by atoms with Gasteiger partial charge in [-0.2, -0.15) is 0 Å². The van der Waals surface area contributed by atoms with Crippen LogP contribution in [0.4, 0.5) is 0 Å². The predicted molar refractivity (Wildman–Crippen MR) is 109 cm³/mol. The van der Waals surface area contributed by atoms with Crippen LogP contribution in [0.25, 0.3) is 10.8 Å². The third kappa shape index (κ3) is 3.17. The highest BCUT2D eigenvalue weighted by Crippen LogP contribution is 2.37. The van der Waals surface area contributed by atoms with E-state index >= 15 is 0 Å². The molecule has 2 heterocycles. The minimum Gasteiger partial charge on any atom is -0.399 e. The summed E-state index contributed by atoms with van der Waals surface area (Å²) in [5.41, 5.74) is 0.981. The van der Waals surface area contributed by atoms with Crippen LogP contribution in [0.1, 0.15) is 57.3 Å². The zero-order valence-corrected chi connectivity index (χ0v) is 16.7. The molecule has 0 unspecified atom stereocenters. The fourth-order valence-corrected chi connectivity index (χ4v) is 3.96. The molecule has 4 rings (SSSR count). The summed E-state index contributed by atoms with van der Waals surface area (Å²) in [6, 6.07) is 12.0. The van der Waals surface area contributed by atoms with Gasteiger partial charge in [-0.1, -0.05) is 30.3 Å². The van der Waals surface area contributed by atoms with Crippen LogP contribution in [-0.4, -0.2) is 42.2 Å². The summed E-state index contributed by atoms with van der Waals surface area (Å²) in [5.74, 6) is 0.131. The van der Waals surface area contributed by atoms with Gasteiger partial charge in [0, 0.05) is 18.7 Å². The summed E-state index contributed by atoms with van der Waals surface area (Å²) in [6.07, 6.45) is 3.40. The van der Waals surface area contributed by atoms with E-state index in [1.54, 1.807) is 0 Å². The molecule has 2 fully saturated rings. The van der Waals surface area contributed by atoms with E-state index in [1.807, 2.05) is 35.2 Å². The van der Waals surface area contributed by atoms with E-state index in [0.717, 1.165) is 47.7 Å². The van der Waals surface area contributed by atoms with Crippen LogP contribution in [0.2, 0.25) is 0 Å². The van der Waals surface area contributed by atoms with Crippen LogP contribution in [0.5, 0.6) is 0 Å². The molecular weight excluding hydrogens is 337 g/mol. The zero-order chi connectivity index (χ0) is 19.2. The third-order valence-electron chi connectivity index (χ3n) is 6.34.